The number of rotatable bonds is 4. The van der Waals surface area contributed by atoms with Gasteiger partial charge in [-0.05, 0) is 38.1 Å². The van der Waals surface area contributed by atoms with Crippen molar-refractivity contribution in [2.24, 2.45) is 0 Å². The van der Waals surface area contributed by atoms with Crippen LogP contribution in [0, 0.1) is 13.8 Å². The standard InChI is InChI=1S/C20H25N3O2S/c1-4-22-10-12-23(13-11-22)20(25)17-14(2)15(3)26-19(17)21-18(24)16-8-6-5-7-9-16/h5-9H,4,10-13H2,1-3H3,(H,21,24). The van der Waals surface area contributed by atoms with Crippen molar-refractivity contribution in [3.8, 4) is 0 Å². The van der Waals surface area contributed by atoms with E-state index in [2.05, 4.69) is 17.1 Å². The molecule has 1 aliphatic heterocycles. The first-order valence-electron chi connectivity index (χ1n) is 8.99. The Bertz CT molecular complexity index is 793. The molecular formula is C20H25N3O2S. The zero-order valence-electron chi connectivity index (χ0n) is 15.5. The molecule has 6 heteroatoms. The molecule has 0 aliphatic carbocycles. The van der Waals surface area contributed by atoms with Crippen molar-refractivity contribution in [3.05, 3.63) is 51.9 Å². The maximum absolute atomic E-state index is 13.1. The number of aryl methyl sites for hydroxylation is 1. The lowest BCUT2D eigenvalue weighted by atomic mass is 10.1. The highest BCUT2D eigenvalue weighted by molar-refractivity contribution is 7.16. The average molecular weight is 372 g/mol. The smallest absolute Gasteiger partial charge is 0.257 e. The van der Waals surface area contributed by atoms with Crippen LogP contribution in [0.15, 0.2) is 30.3 Å². The number of hydrogen-bond acceptors (Lipinski definition) is 4. The third-order valence-corrected chi connectivity index (χ3v) is 6.09. The molecule has 0 radical (unpaired) electrons. The van der Waals surface area contributed by atoms with E-state index in [9.17, 15) is 9.59 Å². The molecule has 1 N–H and O–H groups in total. The normalized spacial score (nSPS) is 15.1. The number of benzene rings is 1. The summed E-state index contributed by atoms with van der Waals surface area (Å²) in [4.78, 5) is 31.0. The number of anilines is 1. The predicted octanol–water partition coefficient (Wildman–Crippen LogP) is 3.39. The summed E-state index contributed by atoms with van der Waals surface area (Å²) in [6.45, 7) is 10.4. The Labute approximate surface area is 158 Å². The van der Waals surface area contributed by atoms with Gasteiger partial charge in [-0.1, -0.05) is 25.1 Å². The number of likely N-dealkylation sites (N-methyl/N-ethyl adjacent to an activating group) is 1. The number of carbonyl (C=O) groups excluding carboxylic acids is 2. The fourth-order valence-corrected chi connectivity index (χ4v) is 4.21. The van der Waals surface area contributed by atoms with Crippen LogP contribution in [0.3, 0.4) is 0 Å². The molecule has 1 fully saturated rings. The molecule has 3 rings (SSSR count). The largest absolute Gasteiger partial charge is 0.336 e. The lowest BCUT2D eigenvalue weighted by Crippen LogP contribution is -2.48. The van der Waals surface area contributed by atoms with E-state index in [1.807, 2.05) is 36.9 Å². The van der Waals surface area contributed by atoms with Crippen molar-refractivity contribution in [1.82, 2.24) is 9.80 Å². The van der Waals surface area contributed by atoms with Gasteiger partial charge >= 0.3 is 0 Å². The van der Waals surface area contributed by atoms with Crippen LogP contribution in [-0.2, 0) is 0 Å². The molecular weight excluding hydrogens is 346 g/mol. The monoisotopic (exact) mass is 371 g/mol. The van der Waals surface area contributed by atoms with E-state index in [0.29, 0.717) is 16.1 Å². The summed E-state index contributed by atoms with van der Waals surface area (Å²) in [5, 5.41) is 3.60. The highest BCUT2D eigenvalue weighted by Crippen LogP contribution is 2.34. The summed E-state index contributed by atoms with van der Waals surface area (Å²) in [5.41, 5.74) is 2.19. The number of nitrogens with zero attached hydrogens (tertiary/aromatic N) is 2. The summed E-state index contributed by atoms with van der Waals surface area (Å²) in [7, 11) is 0. The highest BCUT2D eigenvalue weighted by Gasteiger charge is 2.27. The molecule has 0 bridgehead atoms. The first kappa shape index (κ1) is 18.6. The maximum Gasteiger partial charge on any atom is 0.257 e. The molecule has 138 valence electrons. The molecule has 26 heavy (non-hydrogen) atoms. The zero-order valence-corrected chi connectivity index (χ0v) is 16.4. The molecule has 0 atom stereocenters. The topological polar surface area (TPSA) is 52.6 Å². The summed E-state index contributed by atoms with van der Waals surface area (Å²) in [6, 6.07) is 9.08. The van der Waals surface area contributed by atoms with Gasteiger partial charge in [0.05, 0.1) is 5.56 Å². The van der Waals surface area contributed by atoms with Crippen LogP contribution < -0.4 is 5.32 Å². The molecule has 0 spiro atoms. The van der Waals surface area contributed by atoms with E-state index in [4.69, 9.17) is 0 Å². The van der Waals surface area contributed by atoms with Crippen LogP contribution >= 0.6 is 11.3 Å². The third-order valence-electron chi connectivity index (χ3n) is 4.97. The Morgan fingerprint density at radius 1 is 1.08 bits per heavy atom. The second-order valence-corrected chi connectivity index (χ2v) is 7.76. The van der Waals surface area contributed by atoms with Crippen LogP contribution in [0.25, 0.3) is 0 Å². The predicted molar refractivity (Wildman–Crippen MR) is 106 cm³/mol. The van der Waals surface area contributed by atoms with E-state index in [1.165, 1.54) is 11.3 Å². The van der Waals surface area contributed by atoms with Crippen LogP contribution in [0.2, 0.25) is 0 Å². The van der Waals surface area contributed by atoms with Crippen molar-refractivity contribution in [2.75, 3.05) is 38.0 Å². The Kier molecular flexibility index (Phi) is 5.74. The van der Waals surface area contributed by atoms with Crippen LogP contribution in [-0.4, -0.2) is 54.3 Å². The maximum atomic E-state index is 13.1. The summed E-state index contributed by atoms with van der Waals surface area (Å²) >= 11 is 1.47. The van der Waals surface area contributed by atoms with Crippen molar-refractivity contribution >= 4 is 28.2 Å². The fraction of sp³-hybridized carbons (Fsp3) is 0.400. The average Bonchev–Trinajstić information content (AvgIpc) is 2.95. The molecule has 2 heterocycles. The van der Waals surface area contributed by atoms with Crippen LogP contribution in [0.4, 0.5) is 5.00 Å². The number of carbonyl (C=O) groups is 2. The lowest BCUT2D eigenvalue weighted by Gasteiger charge is -2.34. The van der Waals surface area contributed by atoms with Gasteiger partial charge in [-0.3, -0.25) is 9.59 Å². The van der Waals surface area contributed by atoms with E-state index in [1.54, 1.807) is 12.1 Å². The second kappa shape index (κ2) is 8.01. The quantitative estimate of drug-likeness (QED) is 0.896. The SMILES string of the molecule is CCN1CCN(C(=O)c2c(NC(=O)c3ccccc3)sc(C)c2C)CC1. The molecule has 1 saturated heterocycles. The summed E-state index contributed by atoms with van der Waals surface area (Å²) < 4.78 is 0. The van der Waals surface area contributed by atoms with Crippen molar-refractivity contribution < 1.29 is 9.59 Å². The van der Waals surface area contributed by atoms with Crippen LogP contribution in [0.1, 0.15) is 38.1 Å². The molecule has 2 aromatic rings. The molecule has 1 aromatic carbocycles. The first-order valence-corrected chi connectivity index (χ1v) is 9.81. The van der Waals surface area contributed by atoms with Gasteiger partial charge in [-0.25, -0.2) is 0 Å². The Balaban J connectivity index is 1.81. The molecule has 1 aromatic heterocycles. The first-order chi connectivity index (χ1) is 12.5. The molecule has 1 aliphatic rings. The van der Waals surface area contributed by atoms with E-state index in [0.717, 1.165) is 43.2 Å². The van der Waals surface area contributed by atoms with Gasteiger partial charge in [-0.2, -0.15) is 0 Å². The highest BCUT2D eigenvalue weighted by atomic mass is 32.1. The minimum Gasteiger partial charge on any atom is -0.336 e. The number of amides is 2. The van der Waals surface area contributed by atoms with Gasteiger partial charge in [0.1, 0.15) is 5.00 Å². The van der Waals surface area contributed by atoms with Gasteiger partial charge in [0, 0.05) is 36.6 Å². The number of nitrogens with one attached hydrogen (secondary N) is 1. The van der Waals surface area contributed by atoms with E-state index in [-0.39, 0.29) is 11.8 Å². The number of thiophene rings is 1. The Morgan fingerprint density at radius 2 is 1.73 bits per heavy atom. The van der Waals surface area contributed by atoms with Crippen molar-refractivity contribution in [3.63, 3.8) is 0 Å². The summed E-state index contributed by atoms with van der Waals surface area (Å²) in [5.74, 6) is -0.164. The number of hydrogen-bond donors (Lipinski definition) is 1. The molecule has 5 nitrogen and oxygen atoms in total. The zero-order chi connectivity index (χ0) is 18.7. The molecule has 0 saturated carbocycles. The van der Waals surface area contributed by atoms with Crippen molar-refractivity contribution in [1.29, 1.82) is 0 Å². The van der Waals surface area contributed by atoms with E-state index >= 15 is 0 Å². The van der Waals surface area contributed by atoms with E-state index < -0.39 is 0 Å². The lowest BCUT2D eigenvalue weighted by molar-refractivity contribution is 0.0644. The van der Waals surface area contributed by atoms with Gasteiger partial charge in [0.2, 0.25) is 0 Å². The minimum atomic E-state index is -0.184. The Morgan fingerprint density at radius 3 is 2.35 bits per heavy atom. The molecule has 2 amide bonds. The van der Waals surface area contributed by atoms with Crippen LogP contribution in [0.5, 0.6) is 0 Å². The Hall–Kier alpha value is -2.18. The number of piperazine rings is 1. The van der Waals surface area contributed by atoms with Gasteiger partial charge in [0.15, 0.2) is 0 Å². The second-order valence-electron chi connectivity index (χ2n) is 6.53. The fourth-order valence-electron chi connectivity index (χ4n) is 3.16. The summed E-state index contributed by atoms with van der Waals surface area (Å²) in [6.07, 6.45) is 0. The van der Waals surface area contributed by atoms with Gasteiger partial charge < -0.3 is 15.1 Å². The third kappa shape index (κ3) is 3.81. The minimum absolute atomic E-state index is 0.0194. The van der Waals surface area contributed by atoms with Gasteiger partial charge in [-0.15, -0.1) is 11.3 Å². The van der Waals surface area contributed by atoms with Crippen molar-refractivity contribution in [2.45, 2.75) is 20.8 Å². The molecule has 0 unspecified atom stereocenters. The van der Waals surface area contributed by atoms with Gasteiger partial charge in [0.25, 0.3) is 11.8 Å².